The minimum absolute atomic E-state index is 0. The number of rotatable bonds is 6. The molecule has 0 atom stereocenters. The van der Waals surface area contributed by atoms with Crippen molar-refractivity contribution in [1.29, 1.82) is 0 Å². The van der Waals surface area contributed by atoms with Crippen molar-refractivity contribution in [1.82, 2.24) is 0 Å². The Morgan fingerprint density at radius 1 is 1.06 bits per heavy atom. The van der Waals surface area contributed by atoms with Gasteiger partial charge in [0.2, 0.25) is 0 Å². The summed E-state index contributed by atoms with van der Waals surface area (Å²) in [6.45, 7) is 7.00. The van der Waals surface area contributed by atoms with Crippen LogP contribution in [0.2, 0.25) is 0 Å². The fourth-order valence-electron chi connectivity index (χ4n) is 1.96. The van der Waals surface area contributed by atoms with Crippen LogP contribution >= 0.6 is 0 Å². The molecule has 0 saturated heterocycles. The standard InChI is InChI=1S/C12H22O4.Ba.2H/c1-5-6-7-8-12(9(13)14,10(15)16)11(2,3)4;;;/h5-8H2,1-4H3,(H,13,14)(H,15,16);;;/q;+2;2*-1. The number of carbonyl (C=O) groups is 2. The van der Waals surface area contributed by atoms with E-state index in [1.54, 1.807) is 20.8 Å². The smallest absolute Gasteiger partial charge is 1.00 e. The van der Waals surface area contributed by atoms with Crippen LogP contribution in [0.1, 0.15) is 56.2 Å². The molecule has 17 heavy (non-hydrogen) atoms. The first-order valence-corrected chi connectivity index (χ1v) is 5.67. The molecular formula is C12H24BaO4. The first kappa shape index (κ1) is 19.8. The summed E-state index contributed by atoms with van der Waals surface area (Å²) in [5.74, 6) is -2.47. The van der Waals surface area contributed by atoms with Gasteiger partial charge in [0.25, 0.3) is 0 Å². The molecule has 0 aromatic heterocycles. The van der Waals surface area contributed by atoms with Crippen LogP contribution in [0.15, 0.2) is 0 Å². The third-order valence-electron chi connectivity index (χ3n) is 3.17. The largest absolute Gasteiger partial charge is 2.00 e. The van der Waals surface area contributed by atoms with Gasteiger partial charge in [-0.15, -0.1) is 0 Å². The van der Waals surface area contributed by atoms with Crippen LogP contribution in [-0.4, -0.2) is 71.0 Å². The van der Waals surface area contributed by atoms with Crippen molar-refractivity contribution in [3.63, 3.8) is 0 Å². The van der Waals surface area contributed by atoms with Gasteiger partial charge in [0.15, 0.2) is 5.41 Å². The number of aliphatic carboxylic acids is 2. The molecule has 0 fully saturated rings. The Labute approximate surface area is 146 Å². The first-order chi connectivity index (χ1) is 7.20. The molecule has 98 valence electrons. The monoisotopic (exact) mass is 370 g/mol. The molecule has 0 spiro atoms. The topological polar surface area (TPSA) is 74.6 Å². The van der Waals surface area contributed by atoms with Crippen LogP contribution in [0.25, 0.3) is 0 Å². The first-order valence-electron chi connectivity index (χ1n) is 5.67. The van der Waals surface area contributed by atoms with E-state index in [4.69, 9.17) is 0 Å². The molecule has 2 N–H and O–H groups in total. The molecule has 0 aromatic rings. The zero-order valence-corrected chi connectivity index (χ0v) is 15.7. The summed E-state index contributed by atoms with van der Waals surface area (Å²) in [6.07, 6.45) is 2.62. The molecule has 0 aliphatic heterocycles. The average molecular weight is 370 g/mol. The summed E-state index contributed by atoms with van der Waals surface area (Å²) in [6, 6.07) is 0. The Bertz CT molecular complexity index is 263. The van der Waals surface area contributed by atoms with Gasteiger partial charge in [0, 0.05) is 0 Å². The maximum atomic E-state index is 11.3. The third-order valence-corrected chi connectivity index (χ3v) is 3.17. The Hall–Kier alpha value is 0.511. The maximum Gasteiger partial charge on any atom is 2.00 e. The molecule has 0 bridgehead atoms. The molecule has 0 aromatic carbocycles. The molecule has 0 aliphatic carbocycles. The van der Waals surface area contributed by atoms with Gasteiger partial charge in [-0.25, -0.2) is 0 Å². The van der Waals surface area contributed by atoms with Crippen molar-refractivity contribution in [3.8, 4) is 0 Å². The molecule has 0 aliphatic rings. The summed E-state index contributed by atoms with van der Waals surface area (Å²) in [4.78, 5) is 22.6. The van der Waals surface area contributed by atoms with E-state index < -0.39 is 22.8 Å². The number of unbranched alkanes of at least 4 members (excludes halogenated alkanes) is 2. The Morgan fingerprint density at radius 3 is 1.71 bits per heavy atom. The van der Waals surface area contributed by atoms with Crippen molar-refractivity contribution >= 4 is 60.8 Å². The molecular weight excluding hydrogens is 345 g/mol. The predicted molar refractivity (Wildman–Crippen MR) is 69.3 cm³/mol. The van der Waals surface area contributed by atoms with E-state index in [0.29, 0.717) is 6.42 Å². The van der Waals surface area contributed by atoms with Crippen LogP contribution in [-0.2, 0) is 9.59 Å². The Balaban J connectivity index is -0.000000375. The van der Waals surface area contributed by atoms with E-state index in [0.717, 1.165) is 12.8 Å². The van der Waals surface area contributed by atoms with Gasteiger partial charge in [-0.3, -0.25) is 9.59 Å². The van der Waals surface area contributed by atoms with E-state index in [1.807, 2.05) is 6.92 Å². The number of carboxylic acids is 2. The summed E-state index contributed by atoms with van der Waals surface area (Å²) in [5, 5.41) is 18.5. The summed E-state index contributed by atoms with van der Waals surface area (Å²) < 4.78 is 0. The zero-order valence-electron chi connectivity index (χ0n) is 13.2. The van der Waals surface area contributed by atoms with Crippen LogP contribution < -0.4 is 0 Å². The zero-order chi connectivity index (χ0) is 13.0. The van der Waals surface area contributed by atoms with Crippen LogP contribution in [0.3, 0.4) is 0 Å². The normalized spacial score (nSPS) is 11.8. The van der Waals surface area contributed by atoms with E-state index >= 15 is 0 Å². The van der Waals surface area contributed by atoms with Crippen molar-refractivity contribution < 1.29 is 22.7 Å². The SMILES string of the molecule is CCCCCC(C(=O)O)(C(=O)O)C(C)(C)C.[Ba+2].[H-].[H-]. The number of hydrogen-bond acceptors (Lipinski definition) is 2. The maximum absolute atomic E-state index is 11.3. The molecule has 0 rings (SSSR count). The van der Waals surface area contributed by atoms with Gasteiger partial charge in [0.05, 0.1) is 0 Å². The van der Waals surface area contributed by atoms with Gasteiger partial charge in [-0.2, -0.15) is 0 Å². The van der Waals surface area contributed by atoms with E-state index in [-0.39, 0.29) is 58.2 Å². The van der Waals surface area contributed by atoms with E-state index in [9.17, 15) is 19.8 Å². The second-order valence-electron chi connectivity index (χ2n) is 5.22. The van der Waals surface area contributed by atoms with Gasteiger partial charge in [-0.05, 0) is 11.8 Å². The molecule has 0 saturated carbocycles. The minimum atomic E-state index is -1.68. The van der Waals surface area contributed by atoms with E-state index in [1.165, 1.54) is 0 Å². The quantitative estimate of drug-likeness (QED) is 0.429. The average Bonchev–Trinajstić information content (AvgIpc) is 2.08. The van der Waals surface area contributed by atoms with Crippen LogP contribution in [0.5, 0.6) is 0 Å². The van der Waals surface area contributed by atoms with Crippen molar-refractivity contribution in [2.75, 3.05) is 0 Å². The molecule has 0 heterocycles. The summed E-state index contributed by atoms with van der Waals surface area (Å²) in [5.41, 5.74) is -2.47. The van der Waals surface area contributed by atoms with Gasteiger partial charge < -0.3 is 13.1 Å². The van der Waals surface area contributed by atoms with Gasteiger partial charge in [0.1, 0.15) is 0 Å². The molecule has 4 nitrogen and oxygen atoms in total. The van der Waals surface area contributed by atoms with Crippen molar-refractivity contribution in [2.45, 2.75) is 53.4 Å². The molecule has 0 amide bonds. The molecule has 0 unspecified atom stereocenters. The second kappa shape index (κ2) is 7.84. The van der Waals surface area contributed by atoms with Crippen molar-refractivity contribution in [2.24, 2.45) is 10.8 Å². The summed E-state index contributed by atoms with van der Waals surface area (Å²) >= 11 is 0. The fraction of sp³-hybridized carbons (Fsp3) is 0.833. The minimum Gasteiger partial charge on any atom is -1.00 e. The predicted octanol–water partition coefficient (Wildman–Crippen LogP) is 2.61. The van der Waals surface area contributed by atoms with Crippen LogP contribution in [0, 0.1) is 10.8 Å². The molecule has 5 heteroatoms. The van der Waals surface area contributed by atoms with Gasteiger partial charge >= 0.3 is 60.8 Å². The second-order valence-corrected chi connectivity index (χ2v) is 5.22. The molecule has 0 radical (unpaired) electrons. The third kappa shape index (κ3) is 4.59. The fourth-order valence-corrected chi connectivity index (χ4v) is 1.96. The Morgan fingerprint density at radius 2 is 1.47 bits per heavy atom. The van der Waals surface area contributed by atoms with Crippen LogP contribution in [0.4, 0.5) is 0 Å². The van der Waals surface area contributed by atoms with Crippen molar-refractivity contribution in [3.05, 3.63) is 0 Å². The Kier molecular flexibility index (Phi) is 9.15. The number of carboxylic acid groups (broad SMARTS) is 2. The van der Waals surface area contributed by atoms with E-state index in [2.05, 4.69) is 0 Å². The summed E-state index contributed by atoms with van der Waals surface area (Å²) in [7, 11) is 0. The van der Waals surface area contributed by atoms with Gasteiger partial charge in [-0.1, -0.05) is 47.0 Å². The number of hydrogen-bond donors (Lipinski definition) is 2.